The maximum atomic E-state index is 12.5. The average molecular weight is 373 g/mol. The summed E-state index contributed by atoms with van der Waals surface area (Å²) in [6.45, 7) is 0.167. The summed E-state index contributed by atoms with van der Waals surface area (Å²) in [5.74, 6) is -0.535. The molecule has 0 saturated carbocycles. The van der Waals surface area contributed by atoms with E-state index < -0.39 is 22.6 Å². The smallest absolute Gasteiger partial charge is 0.352 e. The molecule has 2 aromatic rings. The maximum absolute atomic E-state index is 12.5. The molecule has 0 radical (unpaired) electrons. The number of nitrogens with one attached hydrogen (secondary N) is 1. The van der Waals surface area contributed by atoms with Crippen LogP contribution >= 0.6 is 11.6 Å². The normalized spacial score (nSPS) is 11.2. The molecule has 132 valence electrons. The third-order valence-electron chi connectivity index (χ3n) is 3.39. The maximum Gasteiger partial charge on any atom is 0.416 e. The lowest BCUT2D eigenvalue weighted by Gasteiger charge is -2.08. The number of carbonyl (C=O) groups is 1. The summed E-state index contributed by atoms with van der Waals surface area (Å²) in [5.41, 5.74) is -0.426. The number of alkyl halides is 3. The molecule has 0 aromatic heterocycles. The van der Waals surface area contributed by atoms with Gasteiger partial charge in [-0.25, -0.2) is 0 Å². The molecule has 25 heavy (non-hydrogen) atoms. The number of hydrogen-bond donors (Lipinski definition) is 1. The summed E-state index contributed by atoms with van der Waals surface area (Å²) in [5, 5.41) is 13.3. The second kappa shape index (κ2) is 7.52. The predicted molar refractivity (Wildman–Crippen MR) is 85.6 cm³/mol. The van der Waals surface area contributed by atoms with Gasteiger partial charge in [0, 0.05) is 18.2 Å². The van der Waals surface area contributed by atoms with E-state index in [-0.39, 0.29) is 22.8 Å². The van der Waals surface area contributed by atoms with Gasteiger partial charge in [0.1, 0.15) is 5.02 Å². The van der Waals surface area contributed by atoms with Gasteiger partial charge in [0.2, 0.25) is 0 Å². The van der Waals surface area contributed by atoms with Crippen LogP contribution in [0, 0.1) is 10.1 Å². The van der Waals surface area contributed by atoms with Gasteiger partial charge < -0.3 is 5.32 Å². The van der Waals surface area contributed by atoms with Crippen molar-refractivity contribution in [2.45, 2.75) is 12.6 Å². The van der Waals surface area contributed by atoms with Gasteiger partial charge in [0.15, 0.2) is 0 Å². The van der Waals surface area contributed by atoms with E-state index in [2.05, 4.69) is 5.32 Å². The molecule has 0 atom stereocenters. The van der Waals surface area contributed by atoms with Crippen LogP contribution in [0.4, 0.5) is 18.9 Å². The van der Waals surface area contributed by atoms with Gasteiger partial charge in [-0.2, -0.15) is 13.2 Å². The zero-order valence-electron chi connectivity index (χ0n) is 12.6. The Bertz CT molecular complexity index is 792. The van der Waals surface area contributed by atoms with Crippen molar-refractivity contribution in [3.8, 4) is 0 Å². The molecule has 0 fully saturated rings. The first-order valence-electron chi connectivity index (χ1n) is 7.07. The summed E-state index contributed by atoms with van der Waals surface area (Å²) in [6, 6.07) is 8.28. The van der Waals surface area contributed by atoms with Crippen molar-refractivity contribution in [3.05, 3.63) is 74.3 Å². The molecule has 2 rings (SSSR count). The molecule has 0 heterocycles. The molecule has 1 amide bonds. The number of benzene rings is 2. The van der Waals surface area contributed by atoms with E-state index in [0.29, 0.717) is 12.0 Å². The van der Waals surface area contributed by atoms with Crippen molar-refractivity contribution in [3.63, 3.8) is 0 Å². The first kappa shape index (κ1) is 18.7. The highest BCUT2D eigenvalue weighted by Gasteiger charge is 2.29. The molecule has 0 aliphatic rings. The molecule has 0 saturated heterocycles. The molecule has 2 aromatic carbocycles. The first-order chi connectivity index (χ1) is 11.7. The Kier molecular flexibility index (Phi) is 5.63. The minimum atomic E-state index is -4.39. The molecule has 0 aliphatic heterocycles. The van der Waals surface area contributed by atoms with Crippen molar-refractivity contribution in [1.82, 2.24) is 5.32 Å². The van der Waals surface area contributed by atoms with E-state index in [1.807, 2.05) is 0 Å². The summed E-state index contributed by atoms with van der Waals surface area (Å²) in [6.07, 6.45) is -4.07. The molecule has 5 nitrogen and oxygen atoms in total. The molecule has 1 N–H and O–H groups in total. The molecule has 0 unspecified atom stereocenters. The fourth-order valence-electron chi connectivity index (χ4n) is 2.08. The highest BCUT2D eigenvalue weighted by Crippen LogP contribution is 2.29. The average Bonchev–Trinajstić information content (AvgIpc) is 2.54. The van der Waals surface area contributed by atoms with Gasteiger partial charge in [-0.05, 0) is 36.2 Å². The lowest BCUT2D eigenvalue weighted by molar-refractivity contribution is -0.384. The highest BCUT2D eigenvalue weighted by atomic mass is 35.5. The van der Waals surface area contributed by atoms with Gasteiger partial charge in [-0.1, -0.05) is 23.7 Å². The second-order valence-electron chi connectivity index (χ2n) is 5.12. The monoisotopic (exact) mass is 372 g/mol. The Labute approximate surface area is 145 Å². The van der Waals surface area contributed by atoms with E-state index in [9.17, 15) is 28.1 Å². The number of nitro groups is 1. The number of nitrogens with zero attached hydrogens (tertiary/aromatic N) is 1. The number of nitro benzene ring substituents is 1. The summed E-state index contributed by atoms with van der Waals surface area (Å²) in [4.78, 5) is 22.1. The van der Waals surface area contributed by atoms with Crippen molar-refractivity contribution in [1.29, 1.82) is 0 Å². The second-order valence-corrected chi connectivity index (χ2v) is 5.53. The van der Waals surface area contributed by atoms with E-state index in [1.165, 1.54) is 24.3 Å². The number of halogens is 4. The Morgan fingerprint density at radius 2 is 1.80 bits per heavy atom. The summed E-state index contributed by atoms with van der Waals surface area (Å²) >= 11 is 5.67. The molecule has 0 aliphatic carbocycles. The molecular weight excluding hydrogens is 361 g/mol. The Morgan fingerprint density at radius 1 is 1.16 bits per heavy atom. The first-order valence-corrected chi connectivity index (χ1v) is 7.44. The van der Waals surface area contributed by atoms with Crippen molar-refractivity contribution in [2.24, 2.45) is 0 Å². The van der Waals surface area contributed by atoms with Gasteiger partial charge in [-0.3, -0.25) is 14.9 Å². The SMILES string of the molecule is O=C(NCCc1ccc(C(F)(F)F)cc1)c1ccc(Cl)c([N+](=O)[O-])c1. The van der Waals surface area contributed by atoms with Crippen LogP contribution in [0.15, 0.2) is 42.5 Å². The lowest BCUT2D eigenvalue weighted by atomic mass is 10.1. The Hall–Kier alpha value is -2.61. The van der Waals surface area contributed by atoms with Crippen molar-refractivity contribution in [2.75, 3.05) is 6.54 Å². The predicted octanol–water partition coefficient (Wildman–Crippen LogP) is 4.24. The van der Waals surface area contributed by atoms with Crippen LogP contribution in [0.2, 0.25) is 5.02 Å². The molecule has 9 heteroatoms. The zero-order chi connectivity index (χ0) is 18.6. The van der Waals surface area contributed by atoms with Crippen molar-refractivity contribution >= 4 is 23.2 Å². The zero-order valence-corrected chi connectivity index (χ0v) is 13.4. The Balaban J connectivity index is 1.94. The Morgan fingerprint density at radius 3 is 2.36 bits per heavy atom. The molecule has 0 bridgehead atoms. The fourth-order valence-corrected chi connectivity index (χ4v) is 2.26. The standard InChI is InChI=1S/C16H12ClF3N2O3/c17-13-6-3-11(9-14(13)22(24)25)15(23)21-8-7-10-1-4-12(5-2-10)16(18,19)20/h1-6,9H,7-8H2,(H,21,23). The van der Waals surface area contributed by atoms with Gasteiger partial charge in [0.05, 0.1) is 10.5 Å². The van der Waals surface area contributed by atoms with Gasteiger partial charge >= 0.3 is 6.18 Å². The van der Waals surface area contributed by atoms with E-state index >= 15 is 0 Å². The number of amides is 1. The fraction of sp³-hybridized carbons (Fsp3) is 0.188. The van der Waals surface area contributed by atoms with Crippen LogP contribution < -0.4 is 5.32 Å². The topological polar surface area (TPSA) is 72.2 Å². The number of carbonyl (C=O) groups excluding carboxylic acids is 1. The largest absolute Gasteiger partial charge is 0.416 e. The summed E-state index contributed by atoms with van der Waals surface area (Å²) < 4.78 is 37.4. The third-order valence-corrected chi connectivity index (χ3v) is 3.71. The highest BCUT2D eigenvalue weighted by molar-refractivity contribution is 6.32. The molecular formula is C16H12ClF3N2O3. The molecule has 0 spiro atoms. The van der Waals surface area contributed by atoms with Crippen LogP contribution in [0.3, 0.4) is 0 Å². The van der Waals surface area contributed by atoms with Crippen LogP contribution in [-0.4, -0.2) is 17.4 Å². The van der Waals surface area contributed by atoms with Gasteiger partial charge in [-0.15, -0.1) is 0 Å². The van der Waals surface area contributed by atoms with Crippen molar-refractivity contribution < 1.29 is 22.9 Å². The van der Waals surface area contributed by atoms with Crippen LogP contribution in [0.1, 0.15) is 21.5 Å². The minimum Gasteiger partial charge on any atom is -0.352 e. The number of rotatable bonds is 5. The van der Waals surface area contributed by atoms with E-state index in [0.717, 1.165) is 18.2 Å². The third kappa shape index (κ3) is 4.93. The lowest BCUT2D eigenvalue weighted by Crippen LogP contribution is -2.25. The summed E-state index contributed by atoms with van der Waals surface area (Å²) in [7, 11) is 0. The van der Waals surface area contributed by atoms with Crippen LogP contribution in [0.25, 0.3) is 0 Å². The van der Waals surface area contributed by atoms with Crippen LogP contribution in [-0.2, 0) is 12.6 Å². The van der Waals surface area contributed by atoms with E-state index in [1.54, 1.807) is 0 Å². The van der Waals surface area contributed by atoms with Crippen LogP contribution in [0.5, 0.6) is 0 Å². The quantitative estimate of drug-likeness (QED) is 0.630. The van der Waals surface area contributed by atoms with E-state index in [4.69, 9.17) is 11.6 Å². The number of hydrogen-bond acceptors (Lipinski definition) is 3. The van der Waals surface area contributed by atoms with Gasteiger partial charge in [0.25, 0.3) is 11.6 Å². The minimum absolute atomic E-state index is 0.0727.